The van der Waals surface area contributed by atoms with Crippen LogP contribution in [0, 0.1) is 18.3 Å². The third kappa shape index (κ3) is 8.03. The molecule has 5 rings (SSSR count). The number of benzene rings is 2. The molecule has 1 aromatic heterocycles. The number of rotatable bonds is 9. The standard InChI is InChI=1S/C35H40N6O3/c1-24(2)38-32-20-25(3)4-11-33(32)44-30-14-18-41(19-15-30)35(43)31-10-9-28(22-37-31)34(42)39-29-12-16-40(17-13-29)23-27-7-5-26(21-36)6-8-27/h4-11,20,22,29-30,38H,1,12-19,23H2,2-3H3,(H,39,42). The molecule has 9 nitrogen and oxygen atoms in total. The van der Waals surface area contributed by atoms with Gasteiger partial charge in [0.05, 0.1) is 22.9 Å². The van der Waals surface area contributed by atoms with Gasteiger partial charge in [-0.05, 0) is 74.2 Å². The molecule has 2 aliphatic heterocycles. The highest BCUT2D eigenvalue weighted by atomic mass is 16.5. The summed E-state index contributed by atoms with van der Waals surface area (Å²) >= 11 is 0. The van der Waals surface area contributed by atoms with Crippen molar-refractivity contribution in [3.63, 3.8) is 0 Å². The van der Waals surface area contributed by atoms with Crippen LogP contribution >= 0.6 is 0 Å². The molecule has 44 heavy (non-hydrogen) atoms. The first-order valence-electron chi connectivity index (χ1n) is 15.2. The Morgan fingerprint density at radius 3 is 2.39 bits per heavy atom. The van der Waals surface area contributed by atoms with Gasteiger partial charge in [0, 0.05) is 63.5 Å². The van der Waals surface area contributed by atoms with Crippen LogP contribution in [0.4, 0.5) is 5.69 Å². The van der Waals surface area contributed by atoms with Gasteiger partial charge in [-0.15, -0.1) is 0 Å². The Bertz CT molecular complexity index is 1510. The van der Waals surface area contributed by atoms with Crippen LogP contribution in [0.25, 0.3) is 0 Å². The number of aromatic nitrogens is 1. The molecule has 0 bridgehead atoms. The summed E-state index contributed by atoms with van der Waals surface area (Å²) < 4.78 is 6.31. The van der Waals surface area contributed by atoms with E-state index in [1.807, 2.05) is 56.3 Å². The topological polar surface area (TPSA) is 111 Å². The SMILES string of the molecule is C=C(C)Nc1cc(C)ccc1OC1CCN(C(=O)c2ccc(C(=O)NC3CCN(Cc4ccc(C#N)cc4)CC3)cn2)CC1. The van der Waals surface area contributed by atoms with E-state index in [0.717, 1.165) is 68.0 Å². The number of allylic oxidation sites excluding steroid dienone is 1. The number of carbonyl (C=O) groups excluding carboxylic acids is 2. The number of ether oxygens (including phenoxy) is 1. The molecular formula is C35H40N6O3. The highest BCUT2D eigenvalue weighted by molar-refractivity contribution is 5.96. The van der Waals surface area contributed by atoms with Gasteiger partial charge in [-0.25, -0.2) is 0 Å². The molecule has 0 unspecified atom stereocenters. The largest absolute Gasteiger partial charge is 0.488 e. The maximum Gasteiger partial charge on any atom is 0.272 e. The number of nitriles is 1. The monoisotopic (exact) mass is 592 g/mol. The molecule has 2 saturated heterocycles. The van der Waals surface area contributed by atoms with E-state index in [9.17, 15) is 9.59 Å². The summed E-state index contributed by atoms with van der Waals surface area (Å²) in [5.41, 5.74) is 5.50. The van der Waals surface area contributed by atoms with E-state index in [4.69, 9.17) is 10.00 Å². The van der Waals surface area contributed by atoms with Crippen LogP contribution in [-0.2, 0) is 6.54 Å². The fraction of sp³-hybridized carbons (Fsp3) is 0.371. The number of piperidine rings is 2. The lowest BCUT2D eigenvalue weighted by molar-refractivity contribution is 0.0590. The molecule has 2 amide bonds. The van der Waals surface area contributed by atoms with Crippen LogP contribution in [0.1, 0.15) is 70.1 Å². The average molecular weight is 593 g/mol. The van der Waals surface area contributed by atoms with Crippen LogP contribution in [-0.4, -0.2) is 64.9 Å². The minimum Gasteiger partial charge on any atom is -0.488 e. The molecule has 0 spiro atoms. The van der Waals surface area contributed by atoms with Crippen molar-refractivity contribution < 1.29 is 14.3 Å². The normalized spacial score (nSPS) is 16.2. The van der Waals surface area contributed by atoms with Gasteiger partial charge in [0.25, 0.3) is 11.8 Å². The lowest BCUT2D eigenvalue weighted by Gasteiger charge is -2.32. The highest BCUT2D eigenvalue weighted by Crippen LogP contribution is 2.30. The van der Waals surface area contributed by atoms with E-state index >= 15 is 0 Å². The number of hydrogen-bond acceptors (Lipinski definition) is 7. The summed E-state index contributed by atoms with van der Waals surface area (Å²) in [7, 11) is 0. The molecule has 2 aliphatic rings. The Balaban J connectivity index is 1.06. The molecule has 3 heterocycles. The van der Waals surface area contributed by atoms with Crippen molar-refractivity contribution in [2.75, 3.05) is 31.5 Å². The van der Waals surface area contributed by atoms with E-state index in [0.29, 0.717) is 29.9 Å². The van der Waals surface area contributed by atoms with Gasteiger partial charge in [-0.3, -0.25) is 19.5 Å². The Kier molecular flexibility index (Phi) is 9.93. The van der Waals surface area contributed by atoms with E-state index in [-0.39, 0.29) is 24.0 Å². The minimum atomic E-state index is -0.170. The quantitative estimate of drug-likeness (QED) is 0.348. The van der Waals surface area contributed by atoms with Gasteiger partial charge in [0.15, 0.2) is 0 Å². The van der Waals surface area contributed by atoms with E-state index in [2.05, 4.69) is 33.2 Å². The van der Waals surface area contributed by atoms with Gasteiger partial charge in [0.1, 0.15) is 17.5 Å². The first-order valence-corrected chi connectivity index (χ1v) is 15.2. The first-order chi connectivity index (χ1) is 21.3. The lowest BCUT2D eigenvalue weighted by Crippen LogP contribution is -2.44. The molecule has 3 aromatic rings. The number of anilines is 1. The molecule has 0 atom stereocenters. The van der Waals surface area contributed by atoms with Crippen molar-refractivity contribution in [2.24, 2.45) is 0 Å². The Labute approximate surface area is 259 Å². The number of carbonyl (C=O) groups is 2. The van der Waals surface area contributed by atoms with Gasteiger partial charge >= 0.3 is 0 Å². The second-order valence-electron chi connectivity index (χ2n) is 11.8. The van der Waals surface area contributed by atoms with Crippen molar-refractivity contribution in [3.8, 4) is 11.8 Å². The van der Waals surface area contributed by atoms with Crippen LogP contribution in [0.5, 0.6) is 5.75 Å². The maximum absolute atomic E-state index is 13.2. The zero-order chi connectivity index (χ0) is 31.1. The molecule has 9 heteroatoms. The van der Waals surface area contributed by atoms with Gasteiger partial charge in [-0.2, -0.15) is 5.26 Å². The number of amides is 2. The van der Waals surface area contributed by atoms with Crippen molar-refractivity contribution in [2.45, 2.75) is 58.2 Å². The highest BCUT2D eigenvalue weighted by Gasteiger charge is 2.27. The Morgan fingerprint density at radius 2 is 1.75 bits per heavy atom. The van der Waals surface area contributed by atoms with Crippen LogP contribution in [0.15, 0.2) is 73.1 Å². The second kappa shape index (κ2) is 14.2. The first kappa shape index (κ1) is 30.8. The summed E-state index contributed by atoms with van der Waals surface area (Å²) in [5, 5.41) is 15.4. The third-order valence-electron chi connectivity index (χ3n) is 8.16. The third-order valence-corrected chi connectivity index (χ3v) is 8.16. The van der Waals surface area contributed by atoms with Crippen molar-refractivity contribution in [3.05, 3.63) is 101 Å². The van der Waals surface area contributed by atoms with Crippen LogP contribution < -0.4 is 15.4 Å². The summed E-state index contributed by atoms with van der Waals surface area (Å²) in [5.74, 6) is 0.481. The molecule has 2 fully saturated rings. The fourth-order valence-corrected chi connectivity index (χ4v) is 5.69. The number of nitrogens with one attached hydrogen (secondary N) is 2. The maximum atomic E-state index is 13.2. The number of hydrogen-bond donors (Lipinski definition) is 2. The summed E-state index contributed by atoms with van der Waals surface area (Å²) in [4.78, 5) is 34.6. The number of nitrogens with zero attached hydrogens (tertiary/aromatic N) is 4. The Morgan fingerprint density at radius 1 is 1.02 bits per heavy atom. The van der Waals surface area contributed by atoms with E-state index in [1.165, 1.54) is 11.8 Å². The molecule has 2 aromatic carbocycles. The zero-order valence-corrected chi connectivity index (χ0v) is 25.5. The smallest absolute Gasteiger partial charge is 0.272 e. The Hall–Kier alpha value is -4.68. The van der Waals surface area contributed by atoms with Crippen molar-refractivity contribution in [1.82, 2.24) is 20.1 Å². The zero-order valence-electron chi connectivity index (χ0n) is 25.5. The van der Waals surface area contributed by atoms with Crippen molar-refractivity contribution >= 4 is 17.5 Å². The predicted octanol–water partition coefficient (Wildman–Crippen LogP) is 5.29. The molecule has 0 aliphatic carbocycles. The predicted molar refractivity (Wildman–Crippen MR) is 170 cm³/mol. The van der Waals surface area contributed by atoms with Gasteiger partial charge in [-0.1, -0.05) is 24.8 Å². The molecule has 228 valence electrons. The van der Waals surface area contributed by atoms with Crippen molar-refractivity contribution in [1.29, 1.82) is 5.26 Å². The van der Waals surface area contributed by atoms with E-state index < -0.39 is 0 Å². The summed E-state index contributed by atoms with van der Waals surface area (Å²) in [6.07, 6.45) is 4.67. The van der Waals surface area contributed by atoms with Crippen LogP contribution in [0.2, 0.25) is 0 Å². The van der Waals surface area contributed by atoms with Crippen LogP contribution in [0.3, 0.4) is 0 Å². The summed E-state index contributed by atoms with van der Waals surface area (Å²) in [6, 6.07) is 19.3. The lowest BCUT2D eigenvalue weighted by atomic mass is 10.0. The summed E-state index contributed by atoms with van der Waals surface area (Å²) in [6.45, 7) is 11.6. The number of aryl methyl sites for hydroxylation is 1. The molecular weight excluding hydrogens is 552 g/mol. The average Bonchev–Trinajstić information content (AvgIpc) is 3.03. The molecule has 0 radical (unpaired) electrons. The fourth-order valence-electron chi connectivity index (χ4n) is 5.69. The number of pyridine rings is 1. The van der Waals surface area contributed by atoms with E-state index in [1.54, 1.807) is 17.0 Å². The number of likely N-dealkylation sites (tertiary alicyclic amines) is 2. The second-order valence-corrected chi connectivity index (χ2v) is 11.8. The molecule has 2 N–H and O–H groups in total. The molecule has 0 saturated carbocycles. The minimum absolute atomic E-state index is 0.00860. The van der Waals surface area contributed by atoms with Gasteiger partial charge in [0.2, 0.25) is 0 Å². The van der Waals surface area contributed by atoms with Gasteiger partial charge < -0.3 is 20.3 Å².